The molecular weight excluding hydrogens is 452 g/mol. The van der Waals surface area contributed by atoms with Crippen LogP contribution in [0.25, 0.3) is 0 Å². The van der Waals surface area contributed by atoms with Gasteiger partial charge in [0.15, 0.2) is 12.1 Å². The third-order valence-corrected chi connectivity index (χ3v) is 8.54. The number of carbonyl (C=O) groups excluding carboxylic acids is 1. The van der Waals surface area contributed by atoms with Crippen LogP contribution in [0, 0.1) is 17.3 Å². The maximum atomic E-state index is 14.6. The maximum Gasteiger partial charge on any atom is 0.176 e. The average molecular weight is 491 g/mol. The third kappa shape index (κ3) is 4.16. The monoisotopic (exact) mass is 490 g/mol. The molecule has 186 valence electrons. The molecule has 5 rings (SSSR count). The Morgan fingerprint density at radius 3 is 2.14 bits per heavy atom. The zero-order valence-electron chi connectivity index (χ0n) is 21.5. The van der Waals surface area contributed by atoms with Crippen LogP contribution in [0.1, 0.15) is 57.6 Å². The molecule has 4 nitrogen and oxygen atoms in total. The van der Waals surface area contributed by atoms with Gasteiger partial charge in [-0.25, -0.2) is 0 Å². The first kappa shape index (κ1) is 24.6. The molecule has 0 bridgehead atoms. The second-order valence-corrected chi connectivity index (χ2v) is 11.9. The molecular formula is C30H38O4Si. The molecule has 1 unspecified atom stereocenters. The minimum Gasteiger partial charge on any atom is -0.424 e. The molecule has 2 aromatic rings. The van der Waals surface area contributed by atoms with Gasteiger partial charge in [0, 0.05) is 18.1 Å². The fourth-order valence-electron chi connectivity index (χ4n) is 6.97. The summed E-state index contributed by atoms with van der Waals surface area (Å²) in [4.78, 5) is 14.6. The van der Waals surface area contributed by atoms with Gasteiger partial charge in [0.05, 0.1) is 18.1 Å². The summed E-state index contributed by atoms with van der Waals surface area (Å²) in [5.41, 5.74) is 3.37. The van der Waals surface area contributed by atoms with E-state index in [1.807, 2.05) is 12.1 Å². The Morgan fingerprint density at radius 2 is 1.63 bits per heavy atom. The second-order valence-electron chi connectivity index (χ2n) is 11.4. The lowest BCUT2D eigenvalue weighted by molar-refractivity contribution is -0.203. The molecule has 2 fully saturated rings. The number of benzene rings is 2. The molecule has 0 aromatic heterocycles. The van der Waals surface area contributed by atoms with E-state index in [2.05, 4.69) is 69.3 Å². The summed E-state index contributed by atoms with van der Waals surface area (Å²) in [6, 6.07) is 20.8. The van der Waals surface area contributed by atoms with E-state index in [0.717, 1.165) is 49.0 Å². The van der Waals surface area contributed by atoms with E-state index in [4.69, 9.17) is 13.9 Å². The largest absolute Gasteiger partial charge is 0.424 e. The Bertz CT molecular complexity index is 1030. The van der Waals surface area contributed by atoms with Gasteiger partial charge < -0.3 is 13.9 Å². The molecule has 4 atom stereocenters. The minimum absolute atomic E-state index is 0.00194. The lowest BCUT2D eigenvalue weighted by Gasteiger charge is -2.45. The molecule has 1 heterocycles. The third-order valence-electron chi connectivity index (χ3n) is 8.25. The van der Waals surface area contributed by atoms with Gasteiger partial charge in [-0.3, -0.25) is 4.79 Å². The Kier molecular flexibility index (Phi) is 6.88. The van der Waals surface area contributed by atoms with Crippen molar-refractivity contribution in [3.8, 4) is 0 Å². The molecule has 3 aliphatic rings. The summed E-state index contributed by atoms with van der Waals surface area (Å²) < 4.78 is 18.5. The predicted octanol–water partition coefficient (Wildman–Crippen LogP) is 4.74. The highest BCUT2D eigenvalue weighted by Crippen LogP contribution is 2.63. The van der Waals surface area contributed by atoms with Gasteiger partial charge in [0.2, 0.25) is 0 Å². The van der Waals surface area contributed by atoms with E-state index < -0.39 is 5.41 Å². The number of ether oxygens (including phenoxy) is 2. The standard InChI is InChI=1S/C30H38O4Si/c1-29(2,3)27-24(34-25-16-10-11-17-32-25)18-22-23(19-33-35)28(31)30(26(22)27,20-12-6-4-7-13-20)21-14-8-5-9-15-21/h4-9,12-15,24-27H,10-11,16-19H2,1-3,35H3/t24-,25?,26+,27+/m1/s1. The molecule has 1 saturated heterocycles. The van der Waals surface area contributed by atoms with Crippen molar-refractivity contribution in [3.63, 3.8) is 0 Å². The highest BCUT2D eigenvalue weighted by atomic mass is 28.2. The van der Waals surface area contributed by atoms with E-state index >= 15 is 0 Å². The molecule has 1 aliphatic heterocycles. The van der Waals surface area contributed by atoms with Crippen molar-refractivity contribution in [2.75, 3.05) is 13.2 Å². The normalized spacial score (nSPS) is 28.5. The molecule has 2 aromatic carbocycles. The summed E-state index contributed by atoms with van der Waals surface area (Å²) in [7, 11) is 0.597. The molecule has 1 saturated carbocycles. The Labute approximate surface area is 212 Å². The van der Waals surface area contributed by atoms with Crippen molar-refractivity contribution in [2.45, 2.75) is 64.3 Å². The van der Waals surface area contributed by atoms with E-state index in [1.165, 1.54) is 5.57 Å². The number of fused-ring (bicyclic) bond motifs is 1. The highest BCUT2D eigenvalue weighted by Gasteiger charge is 2.64. The van der Waals surface area contributed by atoms with Gasteiger partial charge in [-0.05, 0) is 48.1 Å². The number of ketones is 1. The molecule has 5 heteroatoms. The number of Topliss-reactive ketones (excluding diaryl/α,β-unsaturated/α-hetero) is 1. The van der Waals surface area contributed by atoms with Crippen molar-refractivity contribution in [2.24, 2.45) is 17.3 Å². The summed E-state index contributed by atoms with van der Waals surface area (Å²) in [6.45, 7) is 8.04. The van der Waals surface area contributed by atoms with Crippen LogP contribution in [0.5, 0.6) is 0 Å². The smallest absolute Gasteiger partial charge is 0.176 e. The van der Waals surface area contributed by atoms with Crippen LogP contribution >= 0.6 is 0 Å². The quantitative estimate of drug-likeness (QED) is 0.549. The summed E-state index contributed by atoms with van der Waals surface area (Å²) in [5.74, 6) is 0.367. The van der Waals surface area contributed by atoms with E-state index in [9.17, 15) is 4.79 Å². The van der Waals surface area contributed by atoms with Crippen molar-refractivity contribution in [3.05, 3.63) is 82.9 Å². The van der Waals surface area contributed by atoms with Crippen LogP contribution in [-0.2, 0) is 24.1 Å². The van der Waals surface area contributed by atoms with Crippen molar-refractivity contribution in [1.29, 1.82) is 0 Å². The lowest BCUT2D eigenvalue weighted by Crippen LogP contribution is -2.48. The lowest BCUT2D eigenvalue weighted by atomic mass is 9.58. The van der Waals surface area contributed by atoms with E-state index in [-0.39, 0.29) is 35.4 Å². The predicted molar refractivity (Wildman–Crippen MR) is 141 cm³/mol. The molecule has 0 spiro atoms. The molecule has 0 N–H and O–H groups in total. The first-order valence-corrected chi connectivity index (χ1v) is 13.8. The van der Waals surface area contributed by atoms with Crippen molar-refractivity contribution >= 4 is 16.3 Å². The van der Waals surface area contributed by atoms with Crippen LogP contribution < -0.4 is 0 Å². The van der Waals surface area contributed by atoms with Crippen LogP contribution in [0.4, 0.5) is 0 Å². The molecule has 2 aliphatic carbocycles. The molecule has 0 radical (unpaired) electrons. The number of hydrogen-bond acceptors (Lipinski definition) is 4. The minimum atomic E-state index is -0.781. The van der Waals surface area contributed by atoms with Crippen molar-refractivity contribution in [1.82, 2.24) is 0 Å². The van der Waals surface area contributed by atoms with Crippen LogP contribution in [0.15, 0.2) is 71.8 Å². The summed E-state index contributed by atoms with van der Waals surface area (Å²) >= 11 is 0. The van der Waals surface area contributed by atoms with E-state index in [1.54, 1.807) is 0 Å². The number of rotatable bonds is 6. The first-order valence-electron chi connectivity index (χ1n) is 13.0. The zero-order chi connectivity index (χ0) is 24.6. The van der Waals surface area contributed by atoms with Crippen molar-refractivity contribution < 1.29 is 18.7 Å². The van der Waals surface area contributed by atoms with Gasteiger partial charge in [-0.1, -0.05) is 87.0 Å². The number of carbonyl (C=O) groups is 1. The number of hydrogen-bond donors (Lipinski definition) is 0. The van der Waals surface area contributed by atoms with Gasteiger partial charge in [-0.15, -0.1) is 0 Å². The highest BCUT2D eigenvalue weighted by molar-refractivity contribution is 6.11. The zero-order valence-corrected chi connectivity index (χ0v) is 23.5. The summed E-state index contributed by atoms with van der Waals surface area (Å²) in [5, 5.41) is 0. The fraction of sp³-hybridized carbons (Fsp3) is 0.500. The van der Waals surface area contributed by atoms with Crippen LogP contribution in [-0.4, -0.2) is 41.9 Å². The Hall–Kier alpha value is -2.05. The summed E-state index contributed by atoms with van der Waals surface area (Å²) in [6.07, 6.45) is 3.79. The SMILES string of the molecule is CC(C)(C)[C@H]1[C@H](OC2CCCCO2)CC2=C(CO[SiH3])C(=O)C(c3ccccc3)(c3ccccc3)[C@@H]21. The Morgan fingerprint density at radius 1 is 1.00 bits per heavy atom. The van der Waals surface area contributed by atoms with Gasteiger partial charge in [0.1, 0.15) is 10.5 Å². The second kappa shape index (κ2) is 9.77. The van der Waals surface area contributed by atoms with Crippen LogP contribution in [0.2, 0.25) is 0 Å². The Balaban J connectivity index is 1.71. The van der Waals surface area contributed by atoms with Gasteiger partial charge in [-0.2, -0.15) is 0 Å². The topological polar surface area (TPSA) is 44.8 Å². The van der Waals surface area contributed by atoms with Gasteiger partial charge in [0.25, 0.3) is 0 Å². The van der Waals surface area contributed by atoms with Crippen LogP contribution in [0.3, 0.4) is 0 Å². The average Bonchev–Trinajstić information content (AvgIpc) is 3.34. The first-order chi connectivity index (χ1) is 16.9. The molecule has 35 heavy (non-hydrogen) atoms. The molecule has 0 amide bonds. The fourth-order valence-corrected chi connectivity index (χ4v) is 7.25. The maximum absolute atomic E-state index is 14.6. The van der Waals surface area contributed by atoms with Gasteiger partial charge >= 0.3 is 0 Å². The van der Waals surface area contributed by atoms with E-state index in [0.29, 0.717) is 17.1 Å².